The first-order chi connectivity index (χ1) is 6.65. The zero-order chi connectivity index (χ0) is 10.6. The second-order valence-electron chi connectivity index (χ2n) is 2.61. The highest BCUT2D eigenvalue weighted by Gasteiger charge is 2.04. The lowest BCUT2D eigenvalue weighted by molar-refractivity contribution is -0.115. The maximum absolute atomic E-state index is 11.0. The number of halogens is 1. The Morgan fingerprint density at radius 3 is 2.64 bits per heavy atom. The molecule has 0 aliphatic carbocycles. The van der Waals surface area contributed by atoms with E-state index in [2.05, 4.69) is 20.9 Å². The van der Waals surface area contributed by atoms with Gasteiger partial charge < -0.3 is 11.5 Å². The summed E-state index contributed by atoms with van der Waals surface area (Å²) >= 11 is 2.99. The van der Waals surface area contributed by atoms with Gasteiger partial charge in [0.1, 0.15) is 5.84 Å². The van der Waals surface area contributed by atoms with Crippen LogP contribution in [0.5, 0.6) is 0 Å². The van der Waals surface area contributed by atoms with Crippen LogP contribution in [0.4, 0.5) is 5.69 Å². The molecule has 0 fully saturated rings. The number of anilines is 1. The Hall–Kier alpha value is -1.36. The average Bonchev–Trinajstić information content (AvgIpc) is 2.18. The first kappa shape index (κ1) is 10.7. The molecule has 0 unspecified atom stereocenters. The predicted molar refractivity (Wildman–Crippen MR) is 60.4 cm³/mol. The van der Waals surface area contributed by atoms with Gasteiger partial charge in [0.25, 0.3) is 5.91 Å². The number of nitrogens with zero attached hydrogens (tertiary/aromatic N) is 1. The summed E-state index contributed by atoms with van der Waals surface area (Å²) in [6.07, 6.45) is 0. The van der Waals surface area contributed by atoms with Crippen molar-refractivity contribution in [2.24, 2.45) is 10.7 Å². The summed E-state index contributed by atoms with van der Waals surface area (Å²) in [4.78, 5) is 14.6. The number of nitrogens with two attached hydrogens (primary N) is 2. The van der Waals surface area contributed by atoms with Crippen LogP contribution in [0.1, 0.15) is 5.56 Å². The van der Waals surface area contributed by atoms with Gasteiger partial charge in [0.05, 0.1) is 5.33 Å². The van der Waals surface area contributed by atoms with Gasteiger partial charge in [-0.3, -0.25) is 4.79 Å². The van der Waals surface area contributed by atoms with Crippen molar-refractivity contribution in [1.29, 1.82) is 0 Å². The normalized spacial score (nSPS) is 11.4. The summed E-state index contributed by atoms with van der Waals surface area (Å²) in [6.45, 7) is 0. The number of alkyl halides is 1. The third-order valence-corrected chi connectivity index (χ3v) is 2.08. The summed E-state index contributed by atoms with van der Waals surface area (Å²) in [5.41, 5.74) is 12.4. The molecule has 0 bridgehead atoms. The lowest BCUT2D eigenvalue weighted by atomic mass is 10.1. The second kappa shape index (κ2) is 4.76. The molecule has 1 aromatic rings. The van der Waals surface area contributed by atoms with Crippen LogP contribution < -0.4 is 11.5 Å². The van der Waals surface area contributed by atoms with Crippen LogP contribution in [0.25, 0.3) is 0 Å². The first-order valence-electron chi connectivity index (χ1n) is 3.93. The molecular formula is C9H10BrN3O. The van der Waals surface area contributed by atoms with Crippen molar-refractivity contribution in [3.05, 3.63) is 29.8 Å². The number of benzene rings is 1. The van der Waals surface area contributed by atoms with Crippen molar-refractivity contribution in [2.75, 3.05) is 11.1 Å². The number of nitrogen functional groups attached to an aromatic ring is 1. The number of rotatable bonds is 2. The van der Waals surface area contributed by atoms with Crippen LogP contribution in [0.3, 0.4) is 0 Å². The number of hydrogen-bond donors (Lipinski definition) is 2. The molecular weight excluding hydrogens is 246 g/mol. The van der Waals surface area contributed by atoms with Crippen LogP contribution in [0.15, 0.2) is 29.3 Å². The van der Waals surface area contributed by atoms with Gasteiger partial charge in [-0.05, 0) is 12.1 Å². The quantitative estimate of drug-likeness (QED) is 0.357. The van der Waals surface area contributed by atoms with E-state index in [-0.39, 0.29) is 17.1 Å². The van der Waals surface area contributed by atoms with Crippen LogP contribution in [0.2, 0.25) is 0 Å². The number of amides is 1. The Kier molecular flexibility index (Phi) is 3.64. The predicted octanol–water partition coefficient (Wildman–Crippen LogP) is 0.896. The van der Waals surface area contributed by atoms with Gasteiger partial charge in [0, 0.05) is 11.3 Å². The third-order valence-electron chi connectivity index (χ3n) is 1.60. The molecule has 0 saturated carbocycles. The SMILES string of the molecule is NC(=NC(=O)CBr)c1ccccc1N. The highest BCUT2D eigenvalue weighted by atomic mass is 79.9. The van der Waals surface area contributed by atoms with Gasteiger partial charge in [-0.25, -0.2) is 0 Å². The van der Waals surface area contributed by atoms with E-state index in [9.17, 15) is 4.79 Å². The van der Waals surface area contributed by atoms with Crippen molar-refractivity contribution in [1.82, 2.24) is 0 Å². The molecule has 0 radical (unpaired) electrons. The molecule has 4 nitrogen and oxygen atoms in total. The molecule has 0 aromatic heterocycles. The maximum Gasteiger partial charge on any atom is 0.258 e. The van der Waals surface area contributed by atoms with Crippen molar-refractivity contribution in [3.63, 3.8) is 0 Å². The van der Waals surface area contributed by atoms with E-state index in [1.54, 1.807) is 24.3 Å². The molecule has 1 rings (SSSR count). The zero-order valence-corrected chi connectivity index (χ0v) is 8.99. The number of carbonyl (C=O) groups is 1. The Bertz CT molecular complexity index is 376. The fraction of sp³-hybridized carbons (Fsp3) is 0.111. The molecule has 0 aliphatic rings. The zero-order valence-electron chi connectivity index (χ0n) is 7.40. The van der Waals surface area contributed by atoms with Gasteiger partial charge in [-0.2, -0.15) is 4.99 Å². The van der Waals surface area contributed by atoms with Gasteiger partial charge in [-0.1, -0.05) is 28.1 Å². The lowest BCUT2D eigenvalue weighted by Gasteiger charge is -2.02. The number of amidine groups is 1. The standard InChI is InChI=1S/C9H10BrN3O/c10-5-8(14)13-9(12)6-3-1-2-4-7(6)11/h1-4H,5,11H2,(H2,12,13,14). The minimum Gasteiger partial charge on any atom is -0.398 e. The highest BCUT2D eigenvalue weighted by molar-refractivity contribution is 9.09. The summed E-state index contributed by atoms with van der Waals surface area (Å²) in [5, 5.41) is 0.153. The summed E-state index contributed by atoms with van der Waals surface area (Å²) in [6, 6.07) is 7.00. The Balaban J connectivity index is 3.00. The maximum atomic E-state index is 11.0. The molecule has 14 heavy (non-hydrogen) atoms. The Morgan fingerprint density at radius 1 is 1.43 bits per heavy atom. The monoisotopic (exact) mass is 255 g/mol. The van der Waals surface area contributed by atoms with E-state index < -0.39 is 0 Å². The highest BCUT2D eigenvalue weighted by Crippen LogP contribution is 2.09. The fourth-order valence-corrected chi connectivity index (χ4v) is 1.08. The Morgan fingerprint density at radius 2 is 2.07 bits per heavy atom. The smallest absolute Gasteiger partial charge is 0.258 e. The largest absolute Gasteiger partial charge is 0.398 e. The van der Waals surface area contributed by atoms with E-state index in [0.717, 1.165) is 0 Å². The molecule has 0 aliphatic heterocycles. The van der Waals surface area contributed by atoms with Crippen molar-refractivity contribution in [2.45, 2.75) is 0 Å². The Labute approximate surface area is 90.1 Å². The van der Waals surface area contributed by atoms with Crippen LogP contribution in [-0.4, -0.2) is 17.1 Å². The molecule has 0 saturated heterocycles. The van der Waals surface area contributed by atoms with Crippen molar-refractivity contribution >= 4 is 33.4 Å². The molecule has 4 N–H and O–H groups in total. The number of carbonyl (C=O) groups excluding carboxylic acids is 1. The van der Waals surface area contributed by atoms with E-state index in [0.29, 0.717) is 11.3 Å². The average molecular weight is 256 g/mol. The molecule has 1 aromatic carbocycles. The second-order valence-corrected chi connectivity index (χ2v) is 3.17. The van der Waals surface area contributed by atoms with Gasteiger partial charge >= 0.3 is 0 Å². The van der Waals surface area contributed by atoms with Gasteiger partial charge in [0.2, 0.25) is 0 Å². The van der Waals surface area contributed by atoms with E-state index >= 15 is 0 Å². The topological polar surface area (TPSA) is 81.5 Å². The first-order valence-corrected chi connectivity index (χ1v) is 5.05. The van der Waals surface area contributed by atoms with Crippen LogP contribution >= 0.6 is 15.9 Å². The minimum absolute atomic E-state index is 0.146. The lowest BCUT2D eigenvalue weighted by Crippen LogP contribution is -2.17. The minimum atomic E-state index is -0.328. The summed E-state index contributed by atoms with van der Waals surface area (Å²) < 4.78 is 0. The van der Waals surface area contributed by atoms with E-state index in [1.807, 2.05) is 0 Å². The van der Waals surface area contributed by atoms with Crippen molar-refractivity contribution in [3.8, 4) is 0 Å². The van der Waals surface area contributed by atoms with Crippen LogP contribution in [-0.2, 0) is 4.79 Å². The molecule has 5 heteroatoms. The molecule has 74 valence electrons. The van der Waals surface area contributed by atoms with Crippen LogP contribution in [0, 0.1) is 0 Å². The van der Waals surface area contributed by atoms with E-state index in [4.69, 9.17) is 11.5 Å². The third kappa shape index (κ3) is 2.56. The number of para-hydroxylation sites is 1. The number of hydrogen-bond acceptors (Lipinski definition) is 2. The fourth-order valence-electron chi connectivity index (χ4n) is 0.955. The van der Waals surface area contributed by atoms with Gasteiger partial charge in [-0.15, -0.1) is 0 Å². The molecule has 0 atom stereocenters. The number of aliphatic imine (C=N–C) groups is 1. The van der Waals surface area contributed by atoms with Gasteiger partial charge in [0.15, 0.2) is 0 Å². The summed E-state index contributed by atoms with van der Waals surface area (Å²) in [7, 11) is 0. The van der Waals surface area contributed by atoms with E-state index in [1.165, 1.54) is 0 Å². The molecule has 0 heterocycles. The molecule has 0 spiro atoms. The summed E-state index contributed by atoms with van der Waals surface area (Å²) in [5.74, 6) is -0.182. The van der Waals surface area contributed by atoms with Crippen molar-refractivity contribution < 1.29 is 4.79 Å². The molecule has 1 amide bonds.